The predicted octanol–water partition coefficient (Wildman–Crippen LogP) is 7.76. The molecule has 7 heteroatoms. The van der Waals surface area contributed by atoms with Crippen LogP contribution in [-0.2, 0) is 18.0 Å². The smallest absolute Gasteiger partial charge is 0.197 e. The molecule has 1 atom stereocenters. The lowest BCUT2D eigenvalue weighted by Crippen LogP contribution is -2.06. The SMILES string of the molecule is C1CC1.COc1ccc(-c2cn(C)nc2C)c(C2CCCCC2)c1.COc1cccc(CCP(C)(=O)O)c1. The van der Waals surface area contributed by atoms with E-state index in [2.05, 4.69) is 36.4 Å². The molecule has 2 aliphatic rings. The summed E-state index contributed by atoms with van der Waals surface area (Å²) < 4.78 is 23.5. The molecule has 0 spiro atoms. The van der Waals surface area contributed by atoms with E-state index in [0.717, 1.165) is 22.8 Å². The van der Waals surface area contributed by atoms with Crippen molar-refractivity contribution in [1.82, 2.24) is 9.78 Å². The highest BCUT2D eigenvalue weighted by Crippen LogP contribution is 2.40. The van der Waals surface area contributed by atoms with Gasteiger partial charge in [0.05, 0.1) is 19.9 Å². The van der Waals surface area contributed by atoms with Gasteiger partial charge in [0.15, 0.2) is 7.37 Å². The first-order valence-electron chi connectivity index (χ1n) is 13.8. The van der Waals surface area contributed by atoms with Gasteiger partial charge in [0.25, 0.3) is 0 Å². The number of rotatable bonds is 7. The summed E-state index contributed by atoms with van der Waals surface area (Å²) >= 11 is 0. The molecule has 0 radical (unpaired) electrons. The van der Waals surface area contributed by atoms with Gasteiger partial charge in [0.2, 0.25) is 0 Å². The monoisotopic (exact) mass is 540 g/mol. The van der Waals surface area contributed by atoms with Crippen LogP contribution in [-0.4, -0.2) is 41.7 Å². The fraction of sp³-hybridized carbons (Fsp3) is 0.516. The number of aryl methyl sites for hydroxylation is 3. The highest BCUT2D eigenvalue weighted by Gasteiger charge is 2.21. The molecule has 38 heavy (non-hydrogen) atoms. The molecule has 1 heterocycles. The second-order valence-corrected chi connectivity index (χ2v) is 13.1. The number of nitrogens with zero attached hydrogens (tertiary/aromatic N) is 2. The maximum atomic E-state index is 11.1. The van der Waals surface area contributed by atoms with Crippen LogP contribution in [0.1, 0.15) is 74.1 Å². The van der Waals surface area contributed by atoms with Crippen molar-refractivity contribution in [2.24, 2.45) is 7.05 Å². The number of hydrogen-bond acceptors (Lipinski definition) is 4. The van der Waals surface area contributed by atoms with Gasteiger partial charge in [-0.15, -0.1) is 0 Å². The fourth-order valence-corrected chi connectivity index (χ4v) is 5.37. The van der Waals surface area contributed by atoms with E-state index >= 15 is 0 Å². The minimum atomic E-state index is -2.90. The van der Waals surface area contributed by atoms with Gasteiger partial charge < -0.3 is 14.4 Å². The van der Waals surface area contributed by atoms with Crippen LogP contribution in [0.15, 0.2) is 48.7 Å². The second kappa shape index (κ2) is 14.6. The minimum Gasteiger partial charge on any atom is -0.497 e. The zero-order valence-corrected chi connectivity index (χ0v) is 24.7. The molecule has 5 rings (SSSR count). The van der Waals surface area contributed by atoms with Crippen LogP contribution in [0.25, 0.3) is 11.1 Å². The number of benzene rings is 2. The first-order valence-corrected chi connectivity index (χ1v) is 16.1. The molecular weight excluding hydrogens is 495 g/mol. The largest absolute Gasteiger partial charge is 0.497 e. The third-order valence-corrected chi connectivity index (χ3v) is 7.96. The van der Waals surface area contributed by atoms with E-state index in [1.807, 2.05) is 36.0 Å². The zero-order chi connectivity index (χ0) is 27.5. The quantitative estimate of drug-likeness (QED) is 0.310. The summed E-state index contributed by atoms with van der Waals surface area (Å²) in [5, 5.41) is 4.50. The summed E-state index contributed by atoms with van der Waals surface area (Å²) in [6, 6.07) is 14.0. The summed E-state index contributed by atoms with van der Waals surface area (Å²) in [4.78, 5) is 9.13. The molecule has 0 saturated heterocycles. The van der Waals surface area contributed by atoms with Crippen LogP contribution in [0, 0.1) is 6.92 Å². The third-order valence-electron chi connectivity index (χ3n) is 6.91. The molecule has 0 amide bonds. The fourth-order valence-electron chi connectivity index (χ4n) is 4.69. The standard InChI is InChI=1S/C18H24N2O.C10H15O3P.C3H6/c1-13-18(12-20(2)19-13)16-10-9-15(21-3)11-17(16)14-7-5-4-6-8-14;1-13-10-5-3-4-9(8-10)6-7-14(2,11)12;1-2-3-1/h9-12,14H,4-8H2,1-3H3;3-5,8H,6-7H2,1-2H3,(H,11,12);1-3H2. The number of aromatic nitrogens is 2. The minimum absolute atomic E-state index is 0.320. The summed E-state index contributed by atoms with van der Waals surface area (Å²) in [6.45, 7) is 3.47. The molecule has 1 aromatic heterocycles. The van der Waals surface area contributed by atoms with E-state index in [-0.39, 0.29) is 0 Å². The molecule has 3 aromatic rings. The molecule has 208 valence electrons. The van der Waals surface area contributed by atoms with Crippen molar-refractivity contribution in [3.63, 3.8) is 0 Å². The van der Waals surface area contributed by atoms with Crippen molar-refractivity contribution >= 4 is 7.37 Å². The van der Waals surface area contributed by atoms with Crippen molar-refractivity contribution in [2.45, 2.75) is 70.6 Å². The van der Waals surface area contributed by atoms with Crippen LogP contribution in [0.4, 0.5) is 0 Å². The first kappa shape index (κ1) is 30.0. The lowest BCUT2D eigenvalue weighted by atomic mass is 9.81. The predicted molar refractivity (Wildman–Crippen MR) is 157 cm³/mol. The van der Waals surface area contributed by atoms with Crippen LogP contribution in [0.2, 0.25) is 0 Å². The van der Waals surface area contributed by atoms with E-state index in [9.17, 15) is 4.57 Å². The normalized spacial score (nSPS) is 16.3. The van der Waals surface area contributed by atoms with Gasteiger partial charge in [-0.2, -0.15) is 5.10 Å². The Hall–Kier alpha value is -2.56. The lowest BCUT2D eigenvalue weighted by molar-refractivity contribution is 0.410. The van der Waals surface area contributed by atoms with Gasteiger partial charge in [0.1, 0.15) is 11.5 Å². The molecule has 1 N–H and O–H groups in total. The van der Waals surface area contributed by atoms with Crippen molar-refractivity contribution in [1.29, 1.82) is 0 Å². The Kier molecular flexibility index (Phi) is 11.5. The Morgan fingerprint density at radius 1 is 0.947 bits per heavy atom. The Balaban J connectivity index is 0.000000202. The Morgan fingerprint density at radius 2 is 1.58 bits per heavy atom. The van der Waals surface area contributed by atoms with Crippen LogP contribution >= 0.6 is 7.37 Å². The van der Waals surface area contributed by atoms with Gasteiger partial charge in [-0.05, 0) is 73.1 Å². The molecule has 0 bridgehead atoms. The van der Waals surface area contributed by atoms with Crippen LogP contribution in [0.3, 0.4) is 0 Å². The number of ether oxygens (including phenoxy) is 2. The number of hydrogen-bond donors (Lipinski definition) is 1. The molecule has 2 saturated carbocycles. The average molecular weight is 541 g/mol. The maximum Gasteiger partial charge on any atom is 0.197 e. The van der Waals surface area contributed by atoms with E-state index in [0.29, 0.717) is 18.5 Å². The summed E-state index contributed by atoms with van der Waals surface area (Å²) in [6.07, 6.45) is 14.2. The summed E-state index contributed by atoms with van der Waals surface area (Å²) in [5.74, 6) is 2.40. The molecule has 0 aliphatic heterocycles. The van der Waals surface area contributed by atoms with Gasteiger partial charge in [-0.3, -0.25) is 9.25 Å². The van der Waals surface area contributed by atoms with E-state index in [1.165, 1.54) is 74.7 Å². The molecule has 2 aliphatic carbocycles. The number of methoxy groups -OCH3 is 2. The topological polar surface area (TPSA) is 73.6 Å². The first-order chi connectivity index (χ1) is 18.2. The Morgan fingerprint density at radius 3 is 2.13 bits per heavy atom. The molecule has 2 fully saturated rings. The molecule has 6 nitrogen and oxygen atoms in total. The molecule has 1 unspecified atom stereocenters. The van der Waals surface area contributed by atoms with Crippen molar-refractivity contribution < 1.29 is 18.9 Å². The van der Waals surface area contributed by atoms with E-state index in [1.54, 1.807) is 14.2 Å². The second-order valence-electron chi connectivity index (χ2n) is 10.5. The summed E-state index contributed by atoms with van der Waals surface area (Å²) in [7, 11) is 2.44. The van der Waals surface area contributed by atoms with Crippen molar-refractivity contribution in [2.75, 3.05) is 27.0 Å². The van der Waals surface area contributed by atoms with Gasteiger partial charge in [-0.1, -0.05) is 56.7 Å². The van der Waals surface area contributed by atoms with Crippen molar-refractivity contribution in [3.05, 3.63) is 65.5 Å². The van der Waals surface area contributed by atoms with Crippen LogP contribution < -0.4 is 9.47 Å². The molecular formula is C31H45N2O4P. The van der Waals surface area contributed by atoms with Gasteiger partial charge in [-0.25, -0.2) is 0 Å². The highest BCUT2D eigenvalue weighted by molar-refractivity contribution is 7.57. The third kappa shape index (κ3) is 9.96. The maximum absolute atomic E-state index is 11.1. The summed E-state index contributed by atoms with van der Waals surface area (Å²) in [5.41, 5.74) is 6.14. The van der Waals surface area contributed by atoms with Gasteiger partial charge in [0, 0.05) is 31.6 Å². The van der Waals surface area contributed by atoms with Gasteiger partial charge >= 0.3 is 0 Å². The average Bonchev–Trinajstić information content (AvgIpc) is 3.77. The van der Waals surface area contributed by atoms with E-state index < -0.39 is 7.37 Å². The Labute approximate surface area is 228 Å². The zero-order valence-electron chi connectivity index (χ0n) is 23.8. The Bertz CT molecular complexity index is 1190. The van der Waals surface area contributed by atoms with E-state index in [4.69, 9.17) is 14.4 Å². The van der Waals surface area contributed by atoms with Crippen molar-refractivity contribution in [3.8, 4) is 22.6 Å². The highest BCUT2D eigenvalue weighted by atomic mass is 31.2. The van der Waals surface area contributed by atoms with Crippen LogP contribution in [0.5, 0.6) is 11.5 Å². The molecule has 2 aromatic carbocycles. The lowest BCUT2D eigenvalue weighted by Gasteiger charge is -2.25.